The van der Waals surface area contributed by atoms with Crippen LogP contribution in [0.3, 0.4) is 0 Å². The van der Waals surface area contributed by atoms with Crippen molar-refractivity contribution in [3.63, 3.8) is 0 Å². The fraction of sp³-hybridized carbons (Fsp3) is 0.864. The van der Waals surface area contributed by atoms with E-state index < -0.39 is 107 Å². The summed E-state index contributed by atoms with van der Waals surface area (Å²) in [6, 6.07) is -2.78. The van der Waals surface area contributed by atoms with Crippen LogP contribution in [0.1, 0.15) is 194 Å². The molecule has 0 aromatic heterocycles. The summed E-state index contributed by atoms with van der Waals surface area (Å²) in [5.41, 5.74) is 11.4. The maximum atomic E-state index is 13.0. The first-order valence-corrected chi connectivity index (χ1v) is 24.9. The van der Waals surface area contributed by atoms with Crippen molar-refractivity contribution in [3.8, 4) is 0 Å². The van der Waals surface area contributed by atoms with Gasteiger partial charge in [0.1, 0.15) is 25.3 Å². The Morgan fingerprint density at radius 1 is 0.462 bits per heavy atom. The van der Waals surface area contributed by atoms with Gasteiger partial charge >= 0.3 is 43.6 Å². The Balaban J connectivity index is -0.0000192. The summed E-state index contributed by atoms with van der Waals surface area (Å²) in [6.45, 7) is 1.54. The largest absolute Gasteiger partial charge is 0.481 e. The van der Waals surface area contributed by atoms with E-state index in [1.165, 1.54) is 77.0 Å². The summed E-state index contributed by atoms with van der Waals surface area (Å²) >= 11 is 0. The summed E-state index contributed by atoms with van der Waals surface area (Å²) in [5, 5.41) is 17.8. The zero-order valence-corrected chi connectivity index (χ0v) is 41.5. The average Bonchev–Trinajstić information content (AvgIpc) is 3.24. The molecule has 18 nitrogen and oxygen atoms in total. The number of esters is 4. The van der Waals surface area contributed by atoms with Crippen LogP contribution >= 0.6 is 32.6 Å². The molecule has 0 aliphatic carbocycles. The van der Waals surface area contributed by atoms with Crippen LogP contribution in [0, 0.1) is 0 Å². The molecule has 0 radical (unpaired) electrons. The minimum atomic E-state index is -5.02. The van der Waals surface area contributed by atoms with Crippen molar-refractivity contribution in [1.82, 2.24) is 0 Å². The Hall–Kier alpha value is -2.57. The Labute approximate surface area is 399 Å². The van der Waals surface area contributed by atoms with Gasteiger partial charge in [-0.3, -0.25) is 37.8 Å². The highest BCUT2D eigenvalue weighted by Crippen LogP contribution is 2.43. The first kappa shape index (κ1) is 66.7. The normalized spacial score (nSPS) is 13.7. The van der Waals surface area contributed by atoms with E-state index >= 15 is 0 Å². The lowest BCUT2D eigenvalue weighted by atomic mass is 10.1. The van der Waals surface area contributed by atoms with E-state index in [0.717, 1.165) is 51.4 Å². The van der Waals surface area contributed by atoms with Crippen LogP contribution < -0.4 is 11.5 Å². The Kier molecular flexibility index (Phi) is 45.1. The van der Waals surface area contributed by atoms with E-state index in [4.69, 9.17) is 49.7 Å². The molecule has 7 N–H and O–H groups in total. The molecule has 0 aromatic carbocycles. The van der Waals surface area contributed by atoms with Crippen LogP contribution in [0.25, 0.3) is 0 Å². The fourth-order valence-electron chi connectivity index (χ4n) is 6.32. The molecule has 2 unspecified atom stereocenters. The number of hydrogen-bond acceptors (Lipinski definition) is 15. The summed E-state index contributed by atoms with van der Waals surface area (Å²) in [6.07, 6.45) is 20.1. The lowest BCUT2D eigenvalue weighted by Crippen LogP contribution is -2.40. The molecular formula is C44H83Cl2N2O16P. The molecule has 0 spiro atoms. The number of carboxylic acid groups (broad SMARTS) is 2. The second-order valence-corrected chi connectivity index (χ2v) is 17.6. The number of phosphoric ester groups is 1. The van der Waals surface area contributed by atoms with Gasteiger partial charge in [0, 0.05) is 25.7 Å². The first-order chi connectivity index (χ1) is 30.1. The van der Waals surface area contributed by atoms with E-state index in [2.05, 4.69) is 13.8 Å². The van der Waals surface area contributed by atoms with Crippen molar-refractivity contribution in [3.05, 3.63) is 0 Å². The van der Waals surface area contributed by atoms with Gasteiger partial charge < -0.3 is 45.5 Å². The maximum Gasteiger partial charge on any atom is 0.472 e. The molecule has 0 saturated carbocycles. The number of carbonyl (C=O) groups is 6. The van der Waals surface area contributed by atoms with Gasteiger partial charge in [-0.25, -0.2) is 4.57 Å². The second-order valence-electron chi connectivity index (χ2n) is 16.2. The molecule has 5 atom stereocenters. The van der Waals surface area contributed by atoms with Gasteiger partial charge in [0.25, 0.3) is 0 Å². The number of aliphatic carboxylic acids is 2. The monoisotopic (exact) mass is 996 g/mol. The molecule has 0 heterocycles. The number of unbranched alkanes of at least 4 members (excludes halogenated alkanes) is 20. The number of halogens is 2. The van der Waals surface area contributed by atoms with Crippen molar-refractivity contribution < 1.29 is 76.4 Å². The summed E-state index contributed by atoms with van der Waals surface area (Å²) in [5.74, 6) is -5.76. The third-order valence-electron chi connectivity index (χ3n) is 10.2. The number of carboxylic acids is 2. The van der Waals surface area contributed by atoms with E-state index in [9.17, 15) is 38.2 Å². The van der Waals surface area contributed by atoms with Crippen LogP contribution in [0.4, 0.5) is 0 Å². The predicted molar refractivity (Wildman–Crippen MR) is 250 cm³/mol. The third-order valence-corrected chi connectivity index (χ3v) is 11.1. The van der Waals surface area contributed by atoms with Crippen LogP contribution in [-0.4, -0.2) is 102 Å². The molecule has 21 heteroatoms. The zero-order chi connectivity index (χ0) is 47.1. The lowest BCUT2D eigenvalue weighted by molar-refractivity contribution is -0.163. The quantitative estimate of drug-likeness (QED) is 0.0165. The molecule has 0 amide bonds. The minimum Gasteiger partial charge on any atom is -0.481 e. The topological polar surface area (TPSA) is 288 Å². The first-order valence-electron chi connectivity index (χ1n) is 23.4. The van der Waals surface area contributed by atoms with Crippen molar-refractivity contribution in [1.29, 1.82) is 0 Å². The number of carbonyl (C=O) groups excluding carboxylic acids is 4. The Bertz CT molecular complexity index is 1320. The number of rotatable bonds is 44. The lowest BCUT2D eigenvalue weighted by Gasteiger charge is -2.23. The molecule has 0 fully saturated rings. The van der Waals surface area contributed by atoms with Gasteiger partial charge in [-0.15, -0.1) is 24.8 Å². The Morgan fingerprint density at radius 3 is 1.20 bits per heavy atom. The van der Waals surface area contributed by atoms with E-state index in [0.29, 0.717) is 12.8 Å². The minimum absolute atomic E-state index is 0. The zero-order valence-electron chi connectivity index (χ0n) is 39.0. The SMILES string of the molecule is CCCCCCCCCCCCCC(=O)OC[C@H](COP(=O)(O)OCC(COC(=O)[C@@H](N)CCC(=O)O)OC(=O)[C@@H](N)CCC(=O)O)OC(=O)CCCCCCCCCCCCC.Cl.Cl. The molecule has 384 valence electrons. The number of ether oxygens (including phenoxy) is 4. The van der Waals surface area contributed by atoms with Crippen LogP contribution in [0.2, 0.25) is 0 Å². The molecule has 0 aliphatic rings. The highest BCUT2D eigenvalue weighted by molar-refractivity contribution is 7.47. The van der Waals surface area contributed by atoms with E-state index in [1.807, 2.05) is 0 Å². The molecule has 0 rings (SSSR count). The molecular weight excluding hydrogens is 914 g/mol. The fourth-order valence-corrected chi connectivity index (χ4v) is 7.11. The van der Waals surface area contributed by atoms with Crippen molar-refractivity contribution in [2.45, 2.75) is 218 Å². The highest BCUT2D eigenvalue weighted by Gasteiger charge is 2.30. The van der Waals surface area contributed by atoms with Crippen molar-refractivity contribution in [2.75, 3.05) is 26.4 Å². The summed E-state index contributed by atoms with van der Waals surface area (Å²) < 4.78 is 44.2. The van der Waals surface area contributed by atoms with E-state index in [-0.39, 0.29) is 50.5 Å². The average molecular weight is 998 g/mol. The Morgan fingerprint density at radius 2 is 0.800 bits per heavy atom. The van der Waals surface area contributed by atoms with Gasteiger partial charge in [0.05, 0.1) is 13.2 Å². The molecule has 0 saturated heterocycles. The summed E-state index contributed by atoms with van der Waals surface area (Å²) in [7, 11) is -5.02. The van der Waals surface area contributed by atoms with Gasteiger partial charge in [0.15, 0.2) is 12.2 Å². The highest BCUT2D eigenvalue weighted by atomic mass is 35.5. The van der Waals surface area contributed by atoms with Gasteiger partial charge in [-0.2, -0.15) is 0 Å². The molecule has 0 bridgehead atoms. The van der Waals surface area contributed by atoms with Gasteiger partial charge in [-0.05, 0) is 25.7 Å². The van der Waals surface area contributed by atoms with Gasteiger partial charge in [-0.1, -0.05) is 142 Å². The van der Waals surface area contributed by atoms with Crippen LogP contribution in [0.15, 0.2) is 0 Å². The second kappa shape index (κ2) is 44.0. The molecule has 0 aromatic rings. The number of nitrogens with two attached hydrogens (primary N) is 2. The molecule has 65 heavy (non-hydrogen) atoms. The standard InChI is InChI=1S/C44H81N2O16P.2ClH/c1-3-5-7-9-11-13-15-17-19-21-23-25-41(51)57-31-35(61-42(52)26-24-22-20-18-16-14-12-10-8-6-4-2)33-59-63(55,56)60-34-36(62-44(54)38(46)28-30-40(49)50)32-58-43(53)37(45)27-29-39(47)48;;/h35-38H,3-34,45-46H2,1-2H3,(H,47,48)(H,49,50)(H,55,56);2*1H/t35-,36?,37+,38+;;/m1../s1. The van der Waals surface area contributed by atoms with Crippen molar-refractivity contribution >= 4 is 68.5 Å². The number of hydrogen-bond donors (Lipinski definition) is 5. The van der Waals surface area contributed by atoms with E-state index in [1.54, 1.807) is 0 Å². The molecule has 0 aliphatic heterocycles. The van der Waals surface area contributed by atoms with Crippen LogP contribution in [-0.2, 0) is 61.3 Å². The van der Waals surface area contributed by atoms with Crippen molar-refractivity contribution in [2.24, 2.45) is 11.5 Å². The predicted octanol–water partition coefficient (Wildman–Crippen LogP) is 8.66. The number of phosphoric acid groups is 1. The van der Waals surface area contributed by atoms with Gasteiger partial charge in [0.2, 0.25) is 0 Å². The summed E-state index contributed by atoms with van der Waals surface area (Å²) in [4.78, 5) is 82.7. The van der Waals surface area contributed by atoms with Crippen LogP contribution in [0.5, 0.6) is 0 Å². The third kappa shape index (κ3) is 42.5. The maximum absolute atomic E-state index is 13.0. The smallest absolute Gasteiger partial charge is 0.472 e.